The number of thiazole rings is 1. The zero-order valence-electron chi connectivity index (χ0n) is 19.5. The molecular formula is C25H31N5O2S. The van der Waals surface area contributed by atoms with Crippen molar-refractivity contribution in [3.05, 3.63) is 69.6 Å². The molecule has 0 spiro atoms. The number of aliphatic imine (C=N–C) groups is 1. The Morgan fingerprint density at radius 3 is 2.67 bits per heavy atom. The third kappa shape index (κ3) is 5.50. The fourth-order valence-electron chi connectivity index (χ4n) is 4.12. The Hall–Kier alpha value is -3.00. The topological polar surface area (TPSA) is 87.6 Å². The highest BCUT2D eigenvalue weighted by molar-refractivity contribution is 7.09. The molecule has 0 saturated carbocycles. The molecule has 1 aromatic carbocycles. The van der Waals surface area contributed by atoms with Crippen molar-refractivity contribution in [2.45, 2.75) is 65.3 Å². The van der Waals surface area contributed by atoms with Crippen LogP contribution in [0.25, 0.3) is 5.57 Å². The highest BCUT2D eigenvalue weighted by Crippen LogP contribution is 2.33. The maximum absolute atomic E-state index is 10.8. The van der Waals surface area contributed by atoms with Gasteiger partial charge >= 0.3 is 0 Å². The van der Waals surface area contributed by atoms with Gasteiger partial charge in [-0.15, -0.1) is 21.5 Å². The second-order valence-electron chi connectivity index (χ2n) is 8.31. The fourth-order valence-corrected chi connectivity index (χ4v) is 4.73. The third-order valence-electron chi connectivity index (χ3n) is 5.77. The van der Waals surface area contributed by atoms with Crippen LogP contribution in [-0.4, -0.2) is 37.6 Å². The van der Waals surface area contributed by atoms with Gasteiger partial charge in [-0.2, -0.15) is 0 Å². The molecule has 3 aromatic rings. The Labute approximate surface area is 198 Å². The van der Waals surface area contributed by atoms with E-state index in [-0.39, 0.29) is 11.9 Å². The number of amidine groups is 1. The van der Waals surface area contributed by atoms with Crippen molar-refractivity contribution in [3.63, 3.8) is 0 Å². The molecule has 1 N–H and O–H groups in total. The second kappa shape index (κ2) is 10.7. The molecule has 33 heavy (non-hydrogen) atoms. The lowest BCUT2D eigenvalue weighted by atomic mass is 9.98. The molecule has 0 aliphatic carbocycles. The van der Waals surface area contributed by atoms with E-state index in [1.54, 1.807) is 11.3 Å². The Balaban J connectivity index is 1.64. The molecule has 0 fully saturated rings. The number of aliphatic hydroxyl groups excluding tert-OH is 1. The first-order valence-electron chi connectivity index (χ1n) is 11.6. The molecule has 0 unspecified atom stereocenters. The molecule has 0 amide bonds. The van der Waals surface area contributed by atoms with Gasteiger partial charge in [-0.3, -0.25) is 0 Å². The lowest BCUT2D eigenvalue weighted by Gasteiger charge is -2.37. The van der Waals surface area contributed by atoms with Crippen molar-refractivity contribution < 1.29 is 9.52 Å². The summed E-state index contributed by atoms with van der Waals surface area (Å²) in [6, 6.07) is 10.7. The summed E-state index contributed by atoms with van der Waals surface area (Å²) >= 11 is 1.60. The molecule has 4 rings (SSSR count). The normalized spacial score (nSPS) is 15.1. The summed E-state index contributed by atoms with van der Waals surface area (Å²) in [5, 5.41) is 22.3. The number of hydrogen-bond acceptors (Lipinski definition) is 8. The summed E-state index contributed by atoms with van der Waals surface area (Å²) in [7, 11) is 0. The van der Waals surface area contributed by atoms with Gasteiger partial charge < -0.3 is 14.4 Å². The molecule has 0 saturated heterocycles. The summed E-state index contributed by atoms with van der Waals surface area (Å²) in [5.74, 6) is 1.69. The lowest BCUT2D eigenvalue weighted by Crippen LogP contribution is -2.39. The average Bonchev–Trinajstić information content (AvgIpc) is 3.46. The Bertz CT molecular complexity index is 1120. The molecule has 1 aliphatic heterocycles. The number of aromatic nitrogens is 3. The Morgan fingerprint density at radius 2 is 1.97 bits per heavy atom. The highest BCUT2D eigenvalue weighted by atomic mass is 32.1. The van der Waals surface area contributed by atoms with Gasteiger partial charge in [-0.25, -0.2) is 9.98 Å². The van der Waals surface area contributed by atoms with E-state index in [1.807, 2.05) is 18.4 Å². The van der Waals surface area contributed by atoms with Crippen molar-refractivity contribution in [1.82, 2.24) is 20.1 Å². The first kappa shape index (κ1) is 23.2. The van der Waals surface area contributed by atoms with Gasteiger partial charge in [0.25, 0.3) is 5.89 Å². The van der Waals surface area contributed by atoms with E-state index >= 15 is 0 Å². The van der Waals surface area contributed by atoms with Gasteiger partial charge in [0.1, 0.15) is 5.84 Å². The Kier molecular flexibility index (Phi) is 7.54. The van der Waals surface area contributed by atoms with Gasteiger partial charge in [0.2, 0.25) is 11.8 Å². The van der Waals surface area contributed by atoms with E-state index in [2.05, 4.69) is 63.2 Å². The largest absolute Gasteiger partial charge is 0.493 e. The minimum absolute atomic E-state index is 0.0274. The minimum atomic E-state index is -0.0274. The van der Waals surface area contributed by atoms with E-state index < -0.39 is 0 Å². The van der Waals surface area contributed by atoms with Gasteiger partial charge in [0.05, 0.1) is 35.3 Å². The summed E-state index contributed by atoms with van der Waals surface area (Å²) < 4.78 is 5.95. The van der Waals surface area contributed by atoms with E-state index in [4.69, 9.17) is 4.42 Å². The van der Waals surface area contributed by atoms with Crippen LogP contribution < -0.4 is 0 Å². The summed E-state index contributed by atoms with van der Waals surface area (Å²) in [4.78, 5) is 11.4. The minimum Gasteiger partial charge on any atom is -0.493 e. The van der Waals surface area contributed by atoms with Crippen LogP contribution in [0, 0.1) is 6.92 Å². The van der Waals surface area contributed by atoms with Crippen LogP contribution in [-0.2, 0) is 6.42 Å². The average molecular weight is 466 g/mol. The monoisotopic (exact) mass is 465 g/mol. The van der Waals surface area contributed by atoms with E-state index in [0.29, 0.717) is 30.3 Å². The SMILES string of the molecule is CCCCC1=NC(O)=C(c2nnc(Cc3csc(C)n3)o2)CN1[C@@H](CCC)c1ccccc1. The standard InChI is InChI=1S/C25H31N5O2S/c1-4-6-13-22-27-24(31)20(15-30(22)21(10-5-2)18-11-8-7-9-12-18)25-29-28-23(32-25)14-19-16-33-17(3)26-19/h7-9,11-12,16,21,31H,4-6,10,13-15H2,1-3H3/t21-/m0/s1. The highest BCUT2D eigenvalue weighted by Gasteiger charge is 2.31. The molecule has 174 valence electrons. The molecule has 7 nitrogen and oxygen atoms in total. The Morgan fingerprint density at radius 1 is 1.15 bits per heavy atom. The predicted octanol–water partition coefficient (Wildman–Crippen LogP) is 6.10. The lowest BCUT2D eigenvalue weighted by molar-refractivity contribution is 0.299. The molecule has 1 aliphatic rings. The number of aliphatic hydroxyl groups is 1. The maximum atomic E-state index is 10.8. The smallest absolute Gasteiger partial charge is 0.250 e. The number of nitrogens with zero attached hydrogens (tertiary/aromatic N) is 5. The molecular weight excluding hydrogens is 434 g/mol. The van der Waals surface area contributed by atoms with E-state index in [9.17, 15) is 5.11 Å². The molecule has 1 atom stereocenters. The molecule has 8 heteroatoms. The van der Waals surface area contributed by atoms with Gasteiger partial charge in [0.15, 0.2) is 0 Å². The van der Waals surface area contributed by atoms with Crippen LogP contribution in [0.4, 0.5) is 0 Å². The zero-order chi connectivity index (χ0) is 23.2. The predicted molar refractivity (Wildman–Crippen MR) is 131 cm³/mol. The van der Waals surface area contributed by atoms with Crippen LogP contribution in [0.1, 0.15) is 80.0 Å². The maximum Gasteiger partial charge on any atom is 0.250 e. The van der Waals surface area contributed by atoms with Gasteiger partial charge in [-0.1, -0.05) is 57.0 Å². The van der Waals surface area contributed by atoms with Crippen LogP contribution in [0.15, 0.2) is 51.0 Å². The summed E-state index contributed by atoms with van der Waals surface area (Å²) in [5.41, 5.74) is 2.72. The number of unbranched alkanes of at least 4 members (excludes halogenated alkanes) is 1. The first-order chi connectivity index (χ1) is 16.1. The number of benzene rings is 1. The van der Waals surface area contributed by atoms with E-state index in [0.717, 1.165) is 48.6 Å². The number of aryl methyl sites for hydroxylation is 1. The van der Waals surface area contributed by atoms with Crippen LogP contribution in [0.3, 0.4) is 0 Å². The first-order valence-corrected chi connectivity index (χ1v) is 12.5. The number of rotatable bonds is 10. The summed E-state index contributed by atoms with van der Waals surface area (Å²) in [6.07, 6.45) is 5.41. The van der Waals surface area contributed by atoms with E-state index in [1.165, 1.54) is 5.56 Å². The van der Waals surface area contributed by atoms with Gasteiger partial charge in [0, 0.05) is 11.8 Å². The van der Waals surface area contributed by atoms with Crippen molar-refractivity contribution in [1.29, 1.82) is 0 Å². The number of hydrogen-bond donors (Lipinski definition) is 1. The molecule has 0 radical (unpaired) electrons. The van der Waals surface area contributed by atoms with Crippen LogP contribution in [0.5, 0.6) is 0 Å². The third-order valence-corrected chi connectivity index (χ3v) is 6.59. The quantitative estimate of drug-likeness (QED) is 0.389. The van der Waals surface area contributed by atoms with Crippen molar-refractivity contribution in [2.24, 2.45) is 4.99 Å². The fraction of sp³-hybridized carbons (Fsp3) is 0.440. The molecule has 2 aromatic heterocycles. The van der Waals surface area contributed by atoms with Crippen LogP contribution in [0.2, 0.25) is 0 Å². The molecule has 0 bridgehead atoms. The summed E-state index contributed by atoms with van der Waals surface area (Å²) in [6.45, 7) is 6.81. The van der Waals surface area contributed by atoms with Crippen molar-refractivity contribution in [2.75, 3.05) is 6.54 Å². The zero-order valence-corrected chi connectivity index (χ0v) is 20.3. The van der Waals surface area contributed by atoms with Crippen molar-refractivity contribution >= 4 is 22.7 Å². The van der Waals surface area contributed by atoms with Crippen molar-refractivity contribution in [3.8, 4) is 0 Å². The second-order valence-corrected chi connectivity index (χ2v) is 9.37. The van der Waals surface area contributed by atoms with Crippen LogP contribution >= 0.6 is 11.3 Å². The molecule has 3 heterocycles. The van der Waals surface area contributed by atoms with Gasteiger partial charge in [-0.05, 0) is 25.3 Å².